The van der Waals surface area contributed by atoms with Gasteiger partial charge in [-0.15, -0.1) is 11.7 Å². The summed E-state index contributed by atoms with van der Waals surface area (Å²) in [7, 11) is 1.14. The fraction of sp³-hybridized carbons (Fsp3) is 0.100. The van der Waals surface area contributed by atoms with E-state index in [1.54, 1.807) is 0 Å². The average Bonchev–Trinajstić information content (AvgIpc) is 2.18. The van der Waals surface area contributed by atoms with E-state index in [0.29, 0.717) is 4.20 Å². The van der Waals surface area contributed by atoms with Crippen molar-refractivity contribution in [1.29, 1.82) is 0 Å². The van der Waals surface area contributed by atoms with E-state index in [9.17, 15) is 5.11 Å². The summed E-state index contributed by atoms with van der Waals surface area (Å²) in [4.78, 5) is 0. The molecule has 0 spiro atoms. The first kappa shape index (κ1) is 11.6. The summed E-state index contributed by atoms with van der Waals surface area (Å²) >= 11 is 8.85. The highest BCUT2D eigenvalue weighted by Crippen LogP contribution is 2.16. The molecule has 0 radical (unpaired) electrons. The summed E-state index contributed by atoms with van der Waals surface area (Å²) in [6.07, 6.45) is 1.53. The molecule has 1 aromatic rings. The lowest BCUT2D eigenvalue weighted by molar-refractivity contribution is 0.512. The number of thiol groups is 1. The lowest BCUT2D eigenvalue weighted by Crippen LogP contribution is -1.86. The predicted molar refractivity (Wildman–Crippen MR) is 71.0 cm³/mol. The van der Waals surface area contributed by atoms with Gasteiger partial charge in [-0.2, -0.15) is 0 Å². The first-order chi connectivity index (χ1) is 6.63. The van der Waals surface area contributed by atoms with Crippen LogP contribution in [0.3, 0.4) is 0 Å². The van der Waals surface area contributed by atoms with Gasteiger partial charge in [0.2, 0.25) is 0 Å². The lowest BCUT2D eigenvalue weighted by Gasteiger charge is -2.00. The zero-order valence-corrected chi connectivity index (χ0v) is 10.1. The minimum atomic E-state index is 0.177. The van der Waals surface area contributed by atoms with Crippen LogP contribution in [0, 0.1) is 6.92 Å². The number of aryl methyl sites for hydroxylation is 1. The third-order valence-corrected chi connectivity index (χ3v) is 3.32. The minimum absolute atomic E-state index is 0.177. The summed E-state index contributed by atoms with van der Waals surface area (Å²) in [5.74, 6) is 0.177. The molecule has 1 N–H and O–H groups in total. The first-order valence-electron chi connectivity index (χ1n) is 3.96. The maximum Gasteiger partial charge on any atom is 0.124 e. The van der Waals surface area contributed by atoms with Gasteiger partial charge >= 0.3 is 0 Å². The fourth-order valence-electron chi connectivity index (χ4n) is 0.946. The summed E-state index contributed by atoms with van der Waals surface area (Å²) in [6, 6.07) is 7.59. The van der Waals surface area contributed by atoms with Crippen molar-refractivity contribution < 1.29 is 5.11 Å². The zero-order valence-electron chi connectivity index (χ0n) is 7.60. The van der Waals surface area contributed by atoms with Gasteiger partial charge in [0.15, 0.2) is 0 Å². The number of benzene rings is 1. The molecule has 0 amide bonds. The van der Waals surface area contributed by atoms with Gasteiger partial charge in [-0.05, 0) is 17.7 Å². The monoisotopic (exact) mass is 242 g/mol. The number of hydrogen-bond acceptors (Lipinski definition) is 4. The molecule has 1 nitrogen and oxygen atoms in total. The molecule has 0 aromatic heterocycles. The fourth-order valence-corrected chi connectivity index (χ4v) is 1.38. The first-order valence-corrected chi connectivity index (χ1v) is 6.24. The van der Waals surface area contributed by atoms with Crippen molar-refractivity contribution >= 4 is 44.6 Å². The maximum absolute atomic E-state index is 9.64. The van der Waals surface area contributed by atoms with E-state index in [0.717, 1.165) is 21.9 Å². The Balaban J connectivity index is 2.89. The van der Waals surface area contributed by atoms with E-state index >= 15 is 0 Å². The Labute approximate surface area is 98.0 Å². The van der Waals surface area contributed by atoms with Crippen LogP contribution >= 0.6 is 34.7 Å². The Morgan fingerprint density at radius 1 is 1.43 bits per heavy atom. The van der Waals surface area contributed by atoms with Gasteiger partial charge in [0.25, 0.3) is 0 Å². The van der Waals surface area contributed by atoms with Crippen molar-refractivity contribution in [3.05, 3.63) is 41.5 Å². The minimum Gasteiger partial charge on any atom is -0.507 e. The summed E-state index contributed by atoms with van der Waals surface area (Å²) in [5, 5.41) is 9.64. The molecule has 4 heteroatoms. The Hall–Kier alpha value is -0.450. The van der Waals surface area contributed by atoms with E-state index in [1.807, 2.05) is 31.2 Å². The predicted octanol–water partition coefficient (Wildman–Crippen LogP) is 3.80. The maximum atomic E-state index is 9.64. The molecule has 0 saturated heterocycles. The van der Waals surface area contributed by atoms with Crippen LogP contribution in [-0.2, 0) is 0 Å². The molecule has 0 unspecified atom stereocenters. The van der Waals surface area contributed by atoms with Crippen molar-refractivity contribution in [1.82, 2.24) is 0 Å². The van der Waals surface area contributed by atoms with Crippen LogP contribution in [-0.4, -0.2) is 9.30 Å². The van der Waals surface area contributed by atoms with Gasteiger partial charge in [0, 0.05) is 11.6 Å². The van der Waals surface area contributed by atoms with E-state index < -0.39 is 0 Å². The third-order valence-electron chi connectivity index (χ3n) is 1.69. The molecule has 0 fully saturated rings. The van der Waals surface area contributed by atoms with Crippen molar-refractivity contribution in [3.8, 4) is 0 Å². The van der Waals surface area contributed by atoms with Crippen LogP contribution < -0.4 is 0 Å². The molecule has 14 heavy (non-hydrogen) atoms. The molecule has 0 heterocycles. The van der Waals surface area contributed by atoms with E-state index in [1.165, 1.54) is 6.08 Å². The largest absolute Gasteiger partial charge is 0.507 e. The quantitative estimate of drug-likeness (QED) is 0.271. The molecule has 0 aliphatic rings. The molecular formula is C10H10OS3. The van der Waals surface area contributed by atoms with Crippen LogP contribution in [0.25, 0.3) is 5.76 Å². The molecular weight excluding hydrogens is 232 g/mol. The molecule has 74 valence electrons. The second kappa shape index (κ2) is 5.44. The van der Waals surface area contributed by atoms with Crippen molar-refractivity contribution in [2.75, 3.05) is 0 Å². The number of thiocarbonyl (C=S) groups is 1. The normalized spacial score (nSPS) is 11.4. The number of aliphatic hydroxyl groups excluding tert-OH is 1. The van der Waals surface area contributed by atoms with E-state index in [2.05, 4.69) is 11.7 Å². The summed E-state index contributed by atoms with van der Waals surface area (Å²) in [5.41, 5.74) is 1.92. The smallest absolute Gasteiger partial charge is 0.124 e. The Morgan fingerprint density at radius 3 is 2.50 bits per heavy atom. The Morgan fingerprint density at radius 2 is 2.00 bits per heavy atom. The highest BCUT2D eigenvalue weighted by Gasteiger charge is 1.99. The molecule has 0 aliphatic heterocycles. The van der Waals surface area contributed by atoms with E-state index in [-0.39, 0.29) is 5.76 Å². The van der Waals surface area contributed by atoms with Crippen molar-refractivity contribution in [2.24, 2.45) is 0 Å². The van der Waals surface area contributed by atoms with Crippen LogP contribution in [0.4, 0.5) is 0 Å². The van der Waals surface area contributed by atoms with Crippen LogP contribution in [0.5, 0.6) is 0 Å². The zero-order chi connectivity index (χ0) is 10.6. The topological polar surface area (TPSA) is 20.2 Å². The summed E-state index contributed by atoms with van der Waals surface area (Å²) < 4.78 is 0.548. The molecule has 1 rings (SSSR count). The average molecular weight is 242 g/mol. The van der Waals surface area contributed by atoms with Crippen LogP contribution in [0.1, 0.15) is 11.1 Å². The second-order valence-electron chi connectivity index (χ2n) is 2.81. The standard InChI is InChI=1S/C10H10OS3/c1-7-2-4-8(5-3-7)9(11)6-10(12)14-13/h2-6,11,13H,1H3. The molecule has 0 saturated carbocycles. The number of aliphatic hydroxyl groups is 1. The lowest BCUT2D eigenvalue weighted by atomic mass is 10.1. The molecule has 1 aromatic carbocycles. The van der Waals surface area contributed by atoms with Gasteiger partial charge < -0.3 is 5.11 Å². The Bertz CT molecular complexity index is 354. The Kier molecular flexibility index (Phi) is 4.51. The van der Waals surface area contributed by atoms with E-state index in [4.69, 9.17) is 12.2 Å². The molecule has 0 bridgehead atoms. The van der Waals surface area contributed by atoms with Crippen molar-refractivity contribution in [3.63, 3.8) is 0 Å². The third kappa shape index (κ3) is 3.36. The number of hydrogen-bond donors (Lipinski definition) is 2. The number of rotatable bonds is 2. The van der Waals surface area contributed by atoms with Gasteiger partial charge in [0.1, 0.15) is 5.76 Å². The highest BCUT2D eigenvalue weighted by atomic mass is 33.1. The van der Waals surface area contributed by atoms with Crippen molar-refractivity contribution in [2.45, 2.75) is 6.92 Å². The highest BCUT2D eigenvalue weighted by molar-refractivity contribution is 8.76. The van der Waals surface area contributed by atoms with Gasteiger partial charge in [-0.1, -0.05) is 42.0 Å². The van der Waals surface area contributed by atoms with Gasteiger partial charge in [-0.25, -0.2) is 0 Å². The SMILES string of the molecule is Cc1ccc(C(O)=CC(=S)SS)cc1. The van der Waals surface area contributed by atoms with Gasteiger partial charge in [0.05, 0.1) is 4.20 Å². The van der Waals surface area contributed by atoms with Gasteiger partial charge in [-0.3, -0.25) is 0 Å². The van der Waals surface area contributed by atoms with Crippen LogP contribution in [0.15, 0.2) is 30.3 Å². The molecule has 0 atom stereocenters. The second-order valence-corrected chi connectivity index (χ2v) is 4.67. The van der Waals surface area contributed by atoms with Crippen LogP contribution in [0.2, 0.25) is 0 Å². The summed E-state index contributed by atoms with van der Waals surface area (Å²) in [6.45, 7) is 2.00. The molecule has 0 aliphatic carbocycles.